The van der Waals surface area contributed by atoms with Crippen LogP contribution in [0, 0.1) is 17.3 Å². The Balaban J connectivity index is 1.42. The Bertz CT molecular complexity index is 1450. The van der Waals surface area contributed by atoms with E-state index in [0.717, 1.165) is 24.1 Å². The fourth-order valence-corrected chi connectivity index (χ4v) is 7.90. The second-order valence-corrected chi connectivity index (χ2v) is 13.1. The van der Waals surface area contributed by atoms with Gasteiger partial charge in [0.2, 0.25) is 5.78 Å². The number of nitrogens with zero attached hydrogens (tertiary/aromatic N) is 2. The van der Waals surface area contributed by atoms with Gasteiger partial charge in [-0.05, 0) is 81.2 Å². The summed E-state index contributed by atoms with van der Waals surface area (Å²) < 4.78 is 0. The van der Waals surface area contributed by atoms with Gasteiger partial charge in [0.05, 0.1) is 11.6 Å². The number of nitrogens with two attached hydrogens (primary N) is 1. The monoisotopic (exact) mass is 566 g/mol. The molecule has 5 aliphatic carbocycles. The summed E-state index contributed by atoms with van der Waals surface area (Å²) in [4.78, 5) is 42.4. The molecule has 7 N–H and O–H groups in total. The van der Waals surface area contributed by atoms with Crippen LogP contribution in [0.3, 0.4) is 0 Å². The Kier molecular flexibility index (Phi) is 6.03. The molecular formula is C30H38N4O7. The van der Waals surface area contributed by atoms with E-state index in [1.165, 1.54) is 12.8 Å². The second-order valence-electron chi connectivity index (χ2n) is 13.1. The Hall–Kier alpha value is -3.57. The van der Waals surface area contributed by atoms with Crippen LogP contribution in [0.2, 0.25) is 0 Å². The van der Waals surface area contributed by atoms with Crippen LogP contribution in [-0.4, -0.2) is 88.8 Å². The molecule has 1 spiro atoms. The number of hydrogen-bond acceptors (Lipinski definition) is 9. The molecule has 0 aromatic heterocycles. The molecule has 220 valence electrons. The standard InChI is InChI=1S/C30H38N4O7/c1-33(2)20-10-18(28(40)32-14-11-29(12-14)5-6-29)23(35)17-9-15-13(7-16(17)20)8-19-22(34(3)4)24(36)21(27(31)39)26(38)30(19,41)25(15)37/h10,13-14,19,22,35-37,41H,5-9,11-12H2,1-4H3,(H2,31,39)(H,32,40)/t13-,19-,22-,30-/m0/s1. The number of carbonyl (C=O) groups is 3. The maximum Gasteiger partial charge on any atom is 0.255 e. The van der Waals surface area contributed by atoms with Crippen LogP contribution in [0.4, 0.5) is 5.69 Å². The minimum Gasteiger partial charge on any atom is -0.510 e. The molecule has 1 aromatic carbocycles. The minimum absolute atomic E-state index is 0.00269. The maximum absolute atomic E-state index is 13.5. The van der Waals surface area contributed by atoms with Crippen molar-refractivity contribution in [3.63, 3.8) is 0 Å². The first-order valence-corrected chi connectivity index (χ1v) is 14.1. The molecule has 1 aromatic rings. The number of aliphatic hydroxyl groups excluding tert-OH is 2. The summed E-state index contributed by atoms with van der Waals surface area (Å²) in [6.45, 7) is 0. The molecule has 41 heavy (non-hydrogen) atoms. The number of aliphatic hydroxyl groups is 3. The highest BCUT2D eigenvalue weighted by atomic mass is 16.3. The lowest BCUT2D eigenvalue weighted by Gasteiger charge is -2.50. The van der Waals surface area contributed by atoms with Crippen molar-refractivity contribution in [2.24, 2.45) is 23.0 Å². The van der Waals surface area contributed by atoms with Crippen LogP contribution in [-0.2, 0) is 22.4 Å². The van der Waals surface area contributed by atoms with E-state index in [9.17, 15) is 34.8 Å². The van der Waals surface area contributed by atoms with Crippen molar-refractivity contribution >= 4 is 23.3 Å². The van der Waals surface area contributed by atoms with E-state index in [1.54, 1.807) is 25.1 Å². The van der Waals surface area contributed by atoms with Crippen molar-refractivity contribution < 1.29 is 34.8 Å². The number of allylic oxidation sites excluding steroid dienone is 1. The van der Waals surface area contributed by atoms with Crippen LogP contribution in [0.25, 0.3) is 0 Å². The summed E-state index contributed by atoms with van der Waals surface area (Å²) >= 11 is 0. The number of rotatable bonds is 5. The van der Waals surface area contributed by atoms with Crippen LogP contribution in [0.5, 0.6) is 5.75 Å². The third-order valence-corrected chi connectivity index (χ3v) is 10.2. The van der Waals surface area contributed by atoms with Gasteiger partial charge >= 0.3 is 0 Å². The van der Waals surface area contributed by atoms with E-state index in [0.29, 0.717) is 23.0 Å². The largest absolute Gasteiger partial charge is 0.510 e. The van der Waals surface area contributed by atoms with E-state index in [4.69, 9.17) is 5.73 Å². The van der Waals surface area contributed by atoms with Gasteiger partial charge in [0.25, 0.3) is 11.8 Å². The topological polar surface area (TPSA) is 177 Å². The first-order chi connectivity index (χ1) is 19.2. The first kappa shape index (κ1) is 27.6. The zero-order valence-electron chi connectivity index (χ0n) is 23.8. The molecule has 0 bridgehead atoms. The van der Waals surface area contributed by atoms with Gasteiger partial charge in [-0.3, -0.25) is 19.3 Å². The molecule has 11 heteroatoms. The fraction of sp³-hybridized carbons (Fsp3) is 0.567. The summed E-state index contributed by atoms with van der Waals surface area (Å²) in [5.41, 5.74) is 5.16. The van der Waals surface area contributed by atoms with Gasteiger partial charge in [-0.25, -0.2) is 0 Å². The number of phenols is 1. The van der Waals surface area contributed by atoms with Gasteiger partial charge in [-0.15, -0.1) is 0 Å². The summed E-state index contributed by atoms with van der Waals surface area (Å²) in [7, 11) is 7.00. The molecule has 6 rings (SSSR count). The van der Waals surface area contributed by atoms with E-state index in [1.807, 2.05) is 19.0 Å². The number of hydrogen-bond donors (Lipinski definition) is 6. The number of Topliss-reactive ketones (excluding diaryl/α,β-unsaturated/α-hetero) is 1. The van der Waals surface area contributed by atoms with E-state index >= 15 is 0 Å². The van der Waals surface area contributed by atoms with E-state index < -0.39 is 46.3 Å². The summed E-state index contributed by atoms with van der Waals surface area (Å²) in [5.74, 6) is -5.26. The number of benzene rings is 1. The average molecular weight is 567 g/mol. The van der Waals surface area contributed by atoms with Gasteiger partial charge in [0.15, 0.2) is 5.60 Å². The quantitative estimate of drug-likeness (QED) is 0.286. The first-order valence-electron chi connectivity index (χ1n) is 14.1. The number of phenolic OH excluding ortho intramolecular Hbond substituents is 1. The van der Waals surface area contributed by atoms with Gasteiger partial charge < -0.3 is 36.4 Å². The number of likely N-dealkylation sites (N-methyl/N-ethyl adjacent to an activating group) is 1. The Labute approximate surface area is 238 Å². The van der Waals surface area contributed by atoms with Gasteiger partial charge in [-0.2, -0.15) is 0 Å². The Morgan fingerprint density at radius 3 is 2.29 bits per heavy atom. The molecule has 11 nitrogen and oxygen atoms in total. The highest BCUT2D eigenvalue weighted by Gasteiger charge is 2.62. The Morgan fingerprint density at radius 2 is 1.73 bits per heavy atom. The van der Waals surface area contributed by atoms with Crippen LogP contribution < -0.4 is 16.0 Å². The smallest absolute Gasteiger partial charge is 0.255 e. The fourth-order valence-electron chi connectivity index (χ4n) is 7.90. The predicted octanol–water partition coefficient (Wildman–Crippen LogP) is 1.22. The van der Waals surface area contributed by atoms with Crippen molar-refractivity contribution in [2.75, 3.05) is 33.1 Å². The third kappa shape index (κ3) is 3.89. The predicted molar refractivity (Wildman–Crippen MR) is 150 cm³/mol. The third-order valence-electron chi connectivity index (χ3n) is 10.2. The van der Waals surface area contributed by atoms with Crippen molar-refractivity contribution in [1.82, 2.24) is 10.2 Å². The molecule has 0 aliphatic heterocycles. The number of aromatic hydroxyl groups is 1. The lowest BCUT2D eigenvalue weighted by Crippen LogP contribution is -2.63. The minimum atomic E-state index is -2.48. The lowest BCUT2D eigenvalue weighted by atomic mass is 9.58. The van der Waals surface area contributed by atoms with Gasteiger partial charge in [-0.1, -0.05) is 0 Å². The molecule has 2 saturated carbocycles. The molecular weight excluding hydrogens is 528 g/mol. The van der Waals surface area contributed by atoms with Crippen LogP contribution in [0.1, 0.15) is 53.6 Å². The van der Waals surface area contributed by atoms with Crippen molar-refractivity contribution in [3.8, 4) is 5.75 Å². The lowest BCUT2D eigenvalue weighted by molar-refractivity contribution is -0.148. The molecule has 4 atom stereocenters. The zero-order chi connectivity index (χ0) is 29.8. The molecule has 0 heterocycles. The average Bonchev–Trinajstić information content (AvgIpc) is 3.66. The number of nitrogens with one attached hydrogen (secondary N) is 1. The van der Waals surface area contributed by atoms with Crippen molar-refractivity contribution in [2.45, 2.75) is 62.6 Å². The molecule has 2 fully saturated rings. The normalized spacial score (nSPS) is 30.0. The number of fused-ring (bicyclic) bond motifs is 3. The van der Waals surface area contributed by atoms with Gasteiger partial charge in [0, 0.05) is 43.7 Å². The second kappa shape index (κ2) is 8.96. The van der Waals surface area contributed by atoms with Crippen molar-refractivity contribution in [1.29, 1.82) is 0 Å². The summed E-state index contributed by atoms with van der Waals surface area (Å²) in [6, 6.07) is 0.831. The van der Waals surface area contributed by atoms with E-state index in [-0.39, 0.29) is 42.0 Å². The van der Waals surface area contributed by atoms with Crippen LogP contribution in [0.15, 0.2) is 28.7 Å². The number of ketones is 1. The SMILES string of the molecule is CN(C)c1cc(C(=O)NC2CC3(CC3)C2)c(O)c2c1C[C@H]1C[C@H]3[C@H](N(C)C)C(O)=C(C(N)=O)C(=O)[C@@]3(O)C(O)=C1C2. The molecule has 2 amide bonds. The highest BCUT2D eigenvalue weighted by Crippen LogP contribution is 2.60. The molecule has 0 saturated heterocycles. The Morgan fingerprint density at radius 1 is 1.07 bits per heavy atom. The van der Waals surface area contributed by atoms with Crippen molar-refractivity contribution in [3.05, 3.63) is 45.4 Å². The zero-order valence-corrected chi connectivity index (χ0v) is 23.8. The maximum atomic E-state index is 13.5. The summed E-state index contributed by atoms with van der Waals surface area (Å²) in [5, 5.41) is 48.8. The summed E-state index contributed by atoms with van der Waals surface area (Å²) in [6.07, 6.45) is 4.91. The molecule has 0 unspecified atom stereocenters. The van der Waals surface area contributed by atoms with E-state index in [2.05, 4.69) is 5.32 Å². The number of carbonyl (C=O) groups excluding carboxylic acids is 3. The number of primary amides is 1. The highest BCUT2D eigenvalue weighted by molar-refractivity contribution is 6.24. The molecule has 0 radical (unpaired) electrons. The van der Waals surface area contributed by atoms with Crippen LogP contribution >= 0.6 is 0 Å². The van der Waals surface area contributed by atoms with Gasteiger partial charge in [0.1, 0.15) is 22.8 Å². The number of anilines is 1. The molecule has 5 aliphatic rings. The number of amides is 2.